The second-order valence-electron chi connectivity index (χ2n) is 6.35. The molecule has 2 N–H and O–H groups in total. The smallest absolute Gasteiger partial charge is 0.191 e. The lowest BCUT2D eigenvalue weighted by molar-refractivity contribution is 0.195. The quantitative estimate of drug-likeness (QED) is 0.247. The number of methoxy groups -OCH3 is 1. The Balaban J connectivity index is 0.00000364. The van der Waals surface area contributed by atoms with Crippen LogP contribution in [0.25, 0.3) is 0 Å². The van der Waals surface area contributed by atoms with Crippen LogP contribution in [0.2, 0.25) is 0 Å². The van der Waals surface area contributed by atoms with Crippen LogP contribution in [-0.2, 0) is 18.3 Å². The van der Waals surface area contributed by atoms with Gasteiger partial charge in [0.05, 0.1) is 0 Å². The van der Waals surface area contributed by atoms with Crippen LogP contribution in [-0.4, -0.2) is 47.5 Å². The number of aryl methyl sites for hydroxylation is 1. The maximum Gasteiger partial charge on any atom is 0.191 e. The Bertz CT molecular complexity index is 689. The molecule has 0 saturated heterocycles. The zero-order chi connectivity index (χ0) is 18.8. The molecule has 0 spiro atoms. The van der Waals surface area contributed by atoms with E-state index in [0.29, 0.717) is 12.5 Å². The molecule has 0 fully saturated rings. The summed E-state index contributed by atoms with van der Waals surface area (Å²) in [5, 5.41) is 15.0. The highest BCUT2D eigenvalue weighted by atomic mass is 127. The van der Waals surface area contributed by atoms with Crippen molar-refractivity contribution < 1.29 is 4.74 Å². The van der Waals surface area contributed by atoms with Crippen LogP contribution in [0.3, 0.4) is 0 Å². The summed E-state index contributed by atoms with van der Waals surface area (Å²) >= 11 is 0. The van der Waals surface area contributed by atoms with Gasteiger partial charge in [-0.2, -0.15) is 0 Å². The van der Waals surface area contributed by atoms with Gasteiger partial charge in [-0.15, -0.1) is 34.2 Å². The lowest BCUT2D eigenvalue weighted by Gasteiger charge is -2.17. The van der Waals surface area contributed by atoms with E-state index in [1.165, 1.54) is 5.56 Å². The van der Waals surface area contributed by atoms with Crippen LogP contribution < -0.4 is 10.6 Å². The predicted octanol–water partition coefficient (Wildman–Crippen LogP) is 2.62. The first kappa shape index (κ1) is 23.4. The number of nitrogens with one attached hydrogen (secondary N) is 2. The molecule has 0 aliphatic rings. The first-order chi connectivity index (χ1) is 12.6. The molecule has 1 aromatic heterocycles. The van der Waals surface area contributed by atoms with E-state index in [9.17, 15) is 0 Å². The summed E-state index contributed by atoms with van der Waals surface area (Å²) in [4.78, 5) is 4.66. The van der Waals surface area contributed by atoms with E-state index in [1.807, 2.05) is 24.6 Å². The van der Waals surface area contributed by atoms with Crippen LogP contribution in [0.4, 0.5) is 0 Å². The summed E-state index contributed by atoms with van der Waals surface area (Å²) in [5.74, 6) is 2.90. The molecular formula is C19H31IN6O. The molecule has 1 heterocycles. The monoisotopic (exact) mass is 486 g/mol. The van der Waals surface area contributed by atoms with Gasteiger partial charge in [0.25, 0.3) is 0 Å². The SMILES string of the molecule is COCCCNC(=NCc1nnc(C)n1C)NCC(C)c1ccccc1.I. The lowest BCUT2D eigenvalue weighted by atomic mass is 10.0. The fourth-order valence-corrected chi connectivity index (χ4v) is 2.49. The van der Waals surface area contributed by atoms with Crippen molar-refractivity contribution in [1.29, 1.82) is 0 Å². The number of aliphatic imine (C=N–C) groups is 1. The number of ether oxygens (including phenoxy) is 1. The van der Waals surface area contributed by atoms with Crippen LogP contribution >= 0.6 is 24.0 Å². The number of benzene rings is 1. The van der Waals surface area contributed by atoms with Gasteiger partial charge in [0.15, 0.2) is 11.8 Å². The minimum Gasteiger partial charge on any atom is -0.385 e. The van der Waals surface area contributed by atoms with Crippen LogP contribution in [0, 0.1) is 6.92 Å². The van der Waals surface area contributed by atoms with Gasteiger partial charge in [-0.3, -0.25) is 0 Å². The van der Waals surface area contributed by atoms with E-state index in [4.69, 9.17) is 4.74 Å². The molecule has 2 aromatic rings. The number of halogens is 1. The molecule has 1 atom stereocenters. The van der Waals surface area contributed by atoms with Crippen molar-refractivity contribution in [1.82, 2.24) is 25.4 Å². The molecule has 0 aliphatic heterocycles. The largest absolute Gasteiger partial charge is 0.385 e. The summed E-state index contributed by atoms with van der Waals surface area (Å²) in [6, 6.07) is 10.5. The van der Waals surface area contributed by atoms with E-state index < -0.39 is 0 Å². The molecule has 1 unspecified atom stereocenters. The number of aromatic nitrogens is 3. The molecular weight excluding hydrogens is 455 g/mol. The van der Waals surface area contributed by atoms with Gasteiger partial charge in [-0.25, -0.2) is 4.99 Å². The van der Waals surface area contributed by atoms with E-state index in [-0.39, 0.29) is 24.0 Å². The van der Waals surface area contributed by atoms with Gasteiger partial charge in [0, 0.05) is 33.9 Å². The van der Waals surface area contributed by atoms with Crippen molar-refractivity contribution in [3.63, 3.8) is 0 Å². The summed E-state index contributed by atoms with van der Waals surface area (Å²) in [7, 11) is 3.67. The van der Waals surface area contributed by atoms with Crippen LogP contribution in [0.15, 0.2) is 35.3 Å². The van der Waals surface area contributed by atoms with E-state index in [2.05, 4.69) is 57.0 Å². The summed E-state index contributed by atoms with van der Waals surface area (Å²) in [6.45, 7) is 6.95. The van der Waals surface area contributed by atoms with E-state index in [0.717, 1.165) is 43.7 Å². The molecule has 27 heavy (non-hydrogen) atoms. The Labute approximate surface area is 179 Å². The van der Waals surface area contributed by atoms with E-state index >= 15 is 0 Å². The first-order valence-corrected chi connectivity index (χ1v) is 9.02. The minimum atomic E-state index is 0. The molecule has 0 aliphatic carbocycles. The summed E-state index contributed by atoms with van der Waals surface area (Å²) in [5.41, 5.74) is 1.31. The number of guanidine groups is 1. The van der Waals surface area contributed by atoms with Crippen molar-refractivity contribution in [2.45, 2.75) is 32.7 Å². The average Bonchev–Trinajstić information content (AvgIpc) is 2.99. The minimum absolute atomic E-state index is 0. The van der Waals surface area contributed by atoms with Gasteiger partial charge in [0.2, 0.25) is 0 Å². The predicted molar refractivity (Wildman–Crippen MR) is 120 cm³/mol. The summed E-state index contributed by atoms with van der Waals surface area (Å²) in [6.07, 6.45) is 0.925. The fraction of sp³-hybridized carbons (Fsp3) is 0.526. The first-order valence-electron chi connectivity index (χ1n) is 9.02. The van der Waals surface area contributed by atoms with Crippen molar-refractivity contribution in [3.8, 4) is 0 Å². The van der Waals surface area contributed by atoms with Gasteiger partial charge in [-0.1, -0.05) is 37.3 Å². The third kappa shape index (κ3) is 7.84. The Kier molecular flexibility index (Phi) is 11.0. The molecule has 0 saturated carbocycles. The third-order valence-corrected chi connectivity index (χ3v) is 4.32. The molecule has 1 aromatic carbocycles. The topological polar surface area (TPSA) is 76.4 Å². The zero-order valence-electron chi connectivity index (χ0n) is 16.6. The van der Waals surface area contributed by atoms with Crippen molar-refractivity contribution in [3.05, 3.63) is 47.5 Å². The third-order valence-electron chi connectivity index (χ3n) is 4.32. The number of hydrogen-bond acceptors (Lipinski definition) is 4. The highest BCUT2D eigenvalue weighted by molar-refractivity contribution is 14.0. The number of nitrogens with zero attached hydrogens (tertiary/aromatic N) is 4. The summed E-state index contributed by atoms with van der Waals surface area (Å²) < 4.78 is 7.06. The Morgan fingerprint density at radius 1 is 1.22 bits per heavy atom. The van der Waals surface area contributed by atoms with Crippen LogP contribution in [0.1, 0.15) is 36.5 Å². The Hall–Kier alpha value is -1.68. The second-order valence-corrected chi connectivity index (χ2v) is 6.35. The Morgan fingerprint density at radius 3 is 2.59 bits per heavy atom. The van der Waals surface area contributed by atoms with Crippen molar-refractivity contribution >= 4 is 29.9 Å². The Morgan fingerprint density at radius 2 is 1.96 bits per heavy atom. The van der Waals surface area contributed by atoms with Crippen LogP contribution in [0.5, 0.6) is 0 Å². The van der Waals surface area contributed by atoms with E-state index in [1.54, 1.807) is 7.11 Å². The molecule has 0 radical (unpaired) electrons. The molecule has 7 nitrogen and oxygen atoms in total. The normalized spacial score (nSPS) is 12.4. The molecule has 150 valence electrons. The van der Waals surface area contributed by atoms with Gasteiger partial charge in [-0.05, 0) is 24.8 Å². The highest BCUT2D eigenvalue weighted by Crippen LogP contribution is 2.12. The maximum absolute atomic E-state index is 5.11. The fourth-order valence-electron chi connectivity index (χ4n) is 2.49. The maximum atomic E-state index is 5.11. The lowest BCUT2D eigenvalue weighted by Crippen LogP contribution is -2.40. The van der Waals surface area contributed by atoms with Crippen molar-refractivity contribution in [2.24, 2.45) is 12.0 Å². The average molecular weight is 486 g/mol. The van der Waals surface area contributed by atoms with Crippen molar-refractivity contribution in [2.75, 3.05) is 26.8 Å². The standard InChI is InChI=1S/C19H30N6O.HI/c1-15(17-9-6-5-7-10-17)13-21-19(20-11-8-12-26-4)22-14-18-24-23-16(2)25(18)3;/h5-7,9-10,15H,8,11-14H2,1-4H3,(H2,20,21,22);1H. The molecule has 0 amide bonds. The second kappa shape index (κ2) is 12.7. The highest BCUT2D eigenvalue weighted by Gasteiger charge is 2.08. The van der Waals surface area contributed by atoms with Gasteiger partial charge in [0.1, 0.15) is 12.4 Å². The molecule has 0 bridgehead atoms. The molecule has 2 rings (SSSR count). The van der Waals surface area contributed by atoms with Gasteiger partial charge < -0.3 is 19.9 Å². The zero-order valence-corrected chi connectivity index (χ0v) is 18.9. The van der Waals surface area contributed by atoms with Gasteiger partial charge >= 0.3 is 0 Å². The molecule has 8 heteroatoms. The number of hydrogen-bond donors (Lipinski definition) is 2. The number of rotatable bonds is 9.